The molecular formula is C10H19NO. The lowest BCUT2D eigenvalue weighted by atomic mass is 10.1. The zero-order valence-electron chi connectivity index (χ0n) is 8.31. The molecule has 0 aromatic rings. The van der Waals surface area contributed by atoms with E-state index in [2.05, 4.69) is 26.1 Å². The van der Waals surface area contributed by atoms with Crippen LogP contribution in [0.5, 0.6) is 0 Å². The predicted octanol–water partition coefficient (Wildman–Crippen LogP) is 1.74. The van der Waals surface area contributed by atoms with Gasteiger partial charge in [-0.3, -0.25) is 4.79 Å². The Kier molecular flexibility index (Phi) is 2.89. The van der Waals surface area contributed by atoms with Crippen LogP contribution < -0.4 is 5.32 Å². The number of carbonyl (C=O) groups excluding carboxylic acids is 1. The fourth-order valence-electron chi connectivity index (χ4n) is 1.08. The number of hydrogen-bond acceptors (Lipinski definition) is 2. The van der Waals surface area contributed by atoms with Crippen LogP contribution in [0.25, 0.3) is 0 Å². The molecule has 0 spiro atoms. The highest BCUT2D eigenvalue weighted by Gasteiger charge is 2.24. The minimum Gasteiger partial charge on any atom is -0.305 e. The van der Waals surface area contributed by atoms with E-state index in [-0.39, 0.29) is 5.54 Å². The van der Waals surface area contributed by atoms with Crippen molar-refractivity contribution in [2.75, 3.05) is 6.54 Å². The van der Waals surface area contributed by atoms with Gasteiger partial charge >= 0.3 is 0 Å². The minimum atomic E-state index is 0.0687. The number of carbonyl (C=O) groups is 1. The smallest absolute Gasteiger partial charge is 0.146 e. The van der Waals surface area contributed by atoms with E-state index in [1.54, 1.807) is 0 Å². The van der Waals surface area contributed by atoms with Crippen molar-refractivity contribution in [3.8, 4) is 0 Å². The second-order valence-corrected chi connectivity index (χ2v) is 4.79. The maximum Gasteiger partial charge on any atom is 0.146 e. The number of ketones is 1. The highest BCUT2D eigenvalue weighted by molar-refractivity contribution is 5.81. The van der Waals surface area contributed by atoms with E-state index in [1.165, 1.54) is 12.8 Å². The summed E-state index contributed by atoms with van der Waals surface area (Å²) in [6.07, 6.45) is 3.32. The van der Waals surface area contributed by atoms with E-state index >= 15 is 0 Å². The van der Waals surface area contributed by atoms with Gasteiger partial charge in [0.2, 0.25) is 0 Å². The first-order valence-corrected chi connectivity index (χ1v) is 4.74. The van der Waals surface area contributed by atoms with Crippen LogP contribution in [-0.4, -0.2) is 17.9 Å². The lowest BCUT2D eigenvalue weighted by Crippen LogP contribution is -2.39. The molecule has 0 unspecified atom stereocenters. The summed E-state index contributed by atoms with van der Waals surface area (Å²) in [5.41, 5.74) is 0.0687. The SMILES string of the molecule is CC(C)(C)NCC(=O)CC1CC1. The third kappa shape index (κ3) is 4.50. The van der Waals surface area contributed by atoms with Gasteiger partial charge < -0.3 is 5.32 Å². The molecule has 0 aliphatic heterocycles. The van der Waals surface area contributed by atoms with E-state index < -0.39 is 0 Å². The maximum absolute atomic E-state index is 11.3. The third-order valence-corrected chi connectivity index (χ3v) is 2.03. The summed E-state index contributed by atoms with van der Waals surface area (Å²) in [6.45, 7) is 6.78. The fourth-order valence-corrected chi connectivity index (χ4v) is 1.08. The highest BCUT2D eigenvalue weighted by atomic mass is 16.1. The topological polar surface area (TPSA) is 29.1 Å². The zero-order valence-corrected chi connectivity index (χ0v) is 8.31. The second-order valence-electron chi connectivity index (χ2n) is 4.79. The van der Waals surface area contributed by atoms with Gasteiger partial charge in [-0.25, -0.2) is 0 Å². The molecule has 1 aliphatic rings. The van der Waals surface area contributed by atoms with Gasteiger partial charge in [0.15, 0.2) is 0 Å². The first kappa shape index (κ1) is 9.72. The van der Waals surface area contributed by atoms with Gasteiger partial charge in [-0.1, -0.05) is 0 Å². The largest absolute Gasteiger partial charge is 0.305 e. The minimum absolute atomic E-state index is 0.0687. The second kappa shape index (κ2) is 3.56. The molecule has 12 heavy (non-hydrogen) atoms. The van der Waals surface area contributed by atoms with Crippen LogP contribution in [0.4, 0.5) is 0 Å². The van der Waals surface area contributed by atoms with Crippen LogP contribution in [-0.2, 0) is 4.79 Å². The molecule has 0 amide bonds. The van der Waals surface area contributed by atoms with E-state index in [0.29, 0.717) is 12.3 Å². The Morgan fingerprint density at radius 3 is 2.42 bits per heavy atom. The molecule has 1 rings (SSSR count). The summed E-state index contributed by atoms with van der Waals surface area (Å²) in [4.78, 5) is 11.3. The van der Waals surface area contributed by atoms with Gasteiger partial charge in [-0.15, -0.1) is 0 Å². The van der Waals surface area contributed by atoms with Crippen molar-refractivity contribution >= 4 is 5.78 Å². The standard InChI is InChI=1S/C10H19NO/c1-10(2,3)11-7-9(12)6-8-4-5-8/h8,11H,4-7H2,1-3H3. The summed E-state index contributed by atoms with van der Waals surface area (Å²) in [5, 5.41) is 3.21. The zero-order chi connectivity index (χ0) is 9.19. The number of rotatable bonds is 4. The summed E-state index contributed by atoms with van der Waals surface area (Å²) >= 11 is 0. The molecule has 0 bridgehead atoms. The van der Waals surface area contributed by atoms with Gasteiger partial charge in [0.25, 0.3) is 0 Å². The van der Waals surface area contributed by atoms with Gasteiger partial charge in [0, 0.05) is 12.0 Å². The Bertz CT molecular complexity index is 165. The molecule has 1 fully saturated rings. The summed E-state index contributed by atoms with van der Waals surface area (Å²) in [5.74, 6) is 1.09. The number of hydrogen-bond donors (Lipinski definition) is 1. The lowest BCUT2D eigenvalue weighted by molar-refractivity contribution is -0.118. The fraction of sp³-hybridized carbons (Fsp3) is 0.900. The van der Waals surface area contributed by atoms with Crippen molar-refractivity contribution in [3.63, 3.8) is 0 Å². The van der Waals surface area contributed by atoms with E-state index in [1.807, 2.05) is 0 Å². The average Bonchev–Trinajstić information content (AvgIpc) is 2.66. The molecule has 2 heteroatoms. The van der Waals surface area contributed by atoms with Crippen LogP contribution in [0.1, 0.15) is 40.0 Å². The Balaban J connectivity index is 2.09. The first-order chi connectivity index (χ1) is 5.47. The van der Waals surface area contributed by atoms with Gasteiger partial charge in [-0.2, -0.15) is 0 Å². The molecule has 1 saturated carbocycles. The predicted molar refractivity (Wildman–Crippen MR) is 50.1 cm³/mol. The lowest BCUT2D eigenvalue weighted by Gasteiger charge is -2.19. The van der Waals surface area contributed by atoms with Crippen LogP contribution >= 0.6 is 0 Å². The monoisotopic (exact) mass is 169 g/mol. The molecule has 70 valence electrons. The molecule has 0 radical (unpaired) electrons. The number of Topliss-reactive ketones (excluding diaryl/α,β-unsaturated/α-hetero) is 1. The first-order valence-electron chi connectivity index (χ1n) is 4.74. The molecule has 0 heterocycles. The highest BCUT2D eigenvalue weighted by Crippen LogP contribution is 2.32. The number of nitrogens with one attached hydrogen (secondary N) is 1. The Hall–Kier alpha value is -0.370. The van der Waals surface area contributed by atoms with Gasteiger partial charge in [0.05, 0.1) is 6.54 Å². The van der Waals surface area contributed by atoms with E-state index in [9.17, 15) is 4.79 Å². The van der Waals surface area contributed by atoms with Crippen molar-refractivity contribution in [1.29, 1.82) is 0 Å². The van der Waals surface area contributed by atoms with Crippen LogP contribution in [0.3, 0.4) is 0 Å². The van der Waals surface area contributed by atoms with Gasteiger partial charge in [0.1, 0.15) is 5.78 Å². The van der Waals surface area contributed by atoms with Crippen molar-refractivity contribution < 1.29 is 4.79 Å². The summed E-state index contributed by atoms with van der Waals surface area (Å²) in [6, 6.07) is 0. The van der Waals surface area contributed by atoms with Crippen molar-refractivity contribution in [2.45, 2.75) is 45.6 Å². The maximum atomic E-state index is 11.3. The molecular weight excluding hydrogens is 150 g/mol. The molecule has 2 nitrogen and oxygen atoms in total. The molecule has 1 aliphatic carbocycles. The molecule has 0 atom stereocenters. The van der Waals surface area contributed by atoms with Crippen LogP contribution in [0.2, 0.25) is 0 Å². The summed E-state index contributed by atoms with van der Waals surface area (Å²) in [7, 11) is 0. The molecule has 1 N–H and O–H groups in total. The Labute approximate surface area is 74.7 Å². The molecule has 0 saturated heterocycles. The third-order valence-electron chi connectivity index (χ3n) is 2.03. The Morgan fingerprint density at radius 1 is 1.42 bits per heavy atom. The van der Waals surface area contributed by atoms with Crippen molar-refractivity contribution in [3.05, 3.63) is 0 Å². The van der Waals surface area contributed by atoms with Crippen LogP contribution in [0, 0.1) is 5.92 Å². The van der Waals surface area contributed by atoms with E-state index in [4.69, 9.17) is 0 Å². The summed E-state index contributed by atoms with van der Waals surface area (Å²) < 4.78 is 0. The van der Waals surface area contributed by atoms with Crippen molar-refractivity contribution in [1.82, 2.24) is 5.32 Å². The molecule has 0 aromatic heterocycles. The quantitative estimate of drug-likeness (QED) is 0.694. The Morgan fingerprint density at radius 2 is 2.00 bits per heavy atom. The van der Waals surface area contributed by atoms with E-state index in [0.717, 1.165) is 12.3 Å². The normalized spacial score (nSPS) is 17.9. The van der Waals surface area contributed by atoms with Crippen molar-refractivity contribution in [2.24, 2.45) is 5.92 Å². The average molecular weight is 169 g/mol. The molecule has 0 aromatic carbocycles. The van der Waals surface area contributed by atoms with Crippen LogP contribution in [0.15, 0.2) is 0 Å². The van der Waals surface area contributed by atoms with Gasteiger partial charge in [-0.05, 0) is 39.5 Å².